The zero-order chi connectivity index (χ0) is 24.2. The fourth-order valence-electron chi connectivity index (χ4n) is 3.09. The van der Waals surface area contributed by atoms with E-state index in [9.17, 15) is 18.0 Å². The van der Waals surface area contributed by atoms with Gasteiger partial charge >= 0.3 is 12.3 Å². The highest BCUT2D eigenvalue weighted by atomic mass is 32.2. The van der Waals surface area contributed by atoms with E-state index in [4.69, 9.17) is 17.0 Å². The molecule has 0 unspecified atom stereocenters. The Morgan fingerprint density at radius 2 is 1.70 bits per heavy atom. The number of hydrogen-bond donors (Lipinski definition) is 0. The number of thiocarbonyl (C=S) groups is 1. The van der Waals surface area contributed by atoms with E-state index in [1.54, 1.807) is 15.8 Å². The maximum Gasteiger partial charge on any atom is 0.416 e. The van der Waals surface area contributed by atoms with Gasteiger partial charge in [-0.05, 0) is 38.5 Å². The van der Waals surface area contributed by atoms with Crippen molar-refractivity contribution in [2.45, 2.75) is 44.8 Å². The van der Waals surface area contributed by atoms with Crippen LogP contribution in [0.3, 0.4) is 0 Å². The molecule has 0 radical (unpaired) electrons. The van der Waals surface area contributed by atoms with Gasteiger partial charge in [-0.1, -0.05) is 41.3 Å². The van der Waals surface area contributed by atoms with Crippen LogP contribution in [0.15, 0.2) is 30.5 Å². The molecule has 1 fully saturated rings. The van der Waals surface area contributed by atoms with E-state index in [1.807, 2.05) is 25.7 Å². The lowest BCUT2D eigenvalue weighted by molar-refractivity contribution is -0.137. The second kappa shape index (κ2) is 10.3. The van der Waals surface area contributed by atoms with Crippen LogP contribution in [0.1, 0.15) is 37.6 Å². The van der Waals surface area contributed by atoms with Gasteiger partial charge in [0.05, 0.1) is 17.8 Å². The quantitative estimate of drug-likeness (QED) is 0.575. The first-order chi connectivity index (χ1) is 15.4. The Balaban J connectivity index is 1.44. The maximum absolute atomic E-state index is 12.7. The molecule has 0 atom stereocenters. The number of nitrogens with zero attached hydrogens (tertiary/aromatic N) is 5. The standard InChI is InChI=1S/C21H26F3N5O2S2/c1-20(2,3)31-18(30)27-8-10-28(11-9-27)19(32)33-14-17-13-29(26-25-17)12-15-4-6-16(7-5-15)21(22,23)24/h4-7,13H,8-12,14H2,1-3H3. The summed E-state index contributed by atoms with van der Waals surface area (Å²) < 4.78 is 45.8. The van der Waals surface area contributed by atoms with Crippen molar-refractivity contribution in [3.8, 4) is 0 Å². The van der Waals surface area contributed by atoms with E-state index in [0.717, 1.165) is 22.1 Å². The molecule has 1 aliphatic rings. The van der Waals surface area contributed by atoms with E-state index in [-0.39, 0.29) is 6.09 Å². The first-order valence-corrected chi connectivity index (χ1v) is 11.7. The number of rotatable bonds is 4. The molecule has 1 aromatic heterocycles. The number of amides is 1. The number of carbonyl (C=O) groups excluding carboxylic acids is 1. The van der Waals surface area contributed by atoms with E-state index in [1.165, 1.54) is 23.9 Å². The Morgan fingerprint density at radius 1 is 1.09 bits per heavy atom. The van der Waals surface area contributed by atoms with Crippen LogP contribution in [0.2, 0.25) is 0 Å². The van der Waals surface area contributed by atoms with Crippen molar-refractivity contribution in [1.82, 2.24) is 24.8 Å². The third-order valence-corrected chi connectivity index (χ3v) is 6.30. The van der Waals surface area contributed by atoms with Crippen molar-refractivity contribution >= 4 is 34.4 Å². The molecule has 0 spiro atoms. The van der Waals surface area contributed by atoms with Gasteiger partial charge in [-0.2, -0.15) is 13.2 Å². The lowest BCUT2D eigenvalue weighted by Gasteiger charge is -2.36. The van der Waals surface area contributed by atoms with Crippen LogP contribution in [0, 0.1) is 0 Å². The van der Waals surface area contributed by atoms with Gasteiger partial charge in [0.2, 0.25) is 0 Å². The summed E-state index contributed by atoms with van der Waals surface area (Å²) in [5.41, 5.74) is 0.220. The fourth-order valence-corrected chi connectivity index (χ4v) is 4.22. The summed E-state index contributed by atoms with van der Waals surface area (Å²) in [4.78, 5) is 15.9. The maximum atomic E-state index is 12.7. The Bertz CT molecular complexity index is 966. The summed E-state index contributed by atoms with van der Waals surface area (Å²) in [6.45, 7) is 8.19. The van der Waals surface area contributed by atoms with Gasteiger partial charge in [0, 0.05) is 38.1 Å². The van der Waals surface area contributed by atoms with Crippen LogP contribution in [0.5, 0.6) is 0 Å². The van der Waals surface area contributed by atoms with Gasteiger partial charge in [0.25, 0.3) is 0 Å². The number of benzene rings is 1. The number of piperazine rings is 1. The lowest BCUT2D eigenvalue weighted by atomic mass is 10.1. The molecule has 33 heavy (non-hydrogen) atoms. The van der Waals surface area contributed by atoms with Crippen LogP contribution in [0.25, 0.3) is 0 Å². The number of alkyl halides is 3. The Hall–Kier alpha value is -2.34. The molecule has 3 rings (SSSR count). The van der Waals surface area contributed by atoms with Gasteiger partial charge in [-0.3, -0.25) is 0 Å². The summed E-state index contributed by atoms with van der Waals surface area (Å²) >= 11 is 6.99. The molecule has 180 valence electrons. The number of hydrogen-bond acceptors (Lipinski definition) is 6. The van der Waals surface area contributed by atoms with Crippen molar-refractivity contribution in [1.29, 1.82) is 0 Å². The van der Waals surface area contributed by atoms with Crippen LogP contribution in [-0.2, 0) is 23.2 Å². The summed E-state index contributed by atoms with van der Waals surface area (Å²) in [6, 6.07) is 4.99. The third-order valence-electron chi connectivity index (χ3n) is 4.75. The summed E-state index contributed by atoms with van der Waals surface area (Å²) in [5.74, 6) is 0.526. The van der Waals surface area contributed by atoms with Crippen molar-refractivity contribution in [2.75, 3.05) is 26.2 Å². The van der Waals surface area contributed by atoms with Gasteiger partial charge in [0.15, 0.2) is 0 Å². The molecule has 1 aromatic carbocycles. The highest BCUT2D eigenvalue weighted by Crippen LogP contribution is 2.29. The van der Waals surface area contributed by atoms with E-state index in [0.29, 0.717) is 44.0 Å². The average molecular weight is 502 g/mol. The number of ether oxygens (including phenoxy) is 1. The molecule has 7 nitrogen and oxygen atoms in total. The second-order valence-corrected chi connectivity index (χ2v) is 10.2. The molecule has 1 aliphatic heterocycles. The minimum absolute atomic E-state index is 0.314. The predicted octanol–water partition coefficient (Wildman–Crippen LogP) is 4.42. The molecular weight excluding hydrogens is 475 g/mol. The largest absolute Gasteiger partial charge is 0.444 e. The minimum atomic E-state index is -4.35. The fraction of sp³-hybridized carbons (Fsp3) is 0.524. The summed E-state index contributed by atoms with van der Waals surface area (Å²) in [7, 11) is 0. The number of aromatic nitrogens is 3. The van der Waals surface area contributed by atoms with Crippen molar-refractivity contribution in [3.63, 3.8) is 0 Å². The molecule has 1 amide bonds. The van der Waals surface area contributed by atoms with Gasteiger partial charge in [-0.15, -0.1) is 5.10 Å². The Kier molecular flexibility index (Phi) is 7.88. The average Bonchev–Trinajstić information content (AvgIpc) is 3.18. The molecule has 2 aromatic rings. The number of halogens is 3. The van der Waals surface area contributed by atoms with Crippen LogP contribution in [-0.4, -0.2) is 67.0 Å². The minimum Gasteiger partial charge on any atom is -0.444 e. The van der Waals surface area contributed by atoms with Gasteiger partial charge < -0.3 is 14.5 Å². The van der Waals surface area contributed by atoms with Gasteiger partial charge in [0.1, 0.15) is 9.92 Å². The molecule has 1 saturated heterocycles. The van der Waals surface area contributed by atoms with Crippen molar-refractivity contribution in [3.05, 3.63) is 47.3 Å². The zero-order valence-electron chi connectivity index (χ0n) is 18.6. The SMILES string of the molecule is CC(C)(C)OC(=O)N1CCN(C(=S)SCc2cn(Cc3ccc(C(F)(F)F)cc3)nn2)CC1. The highest BCUT2D eigenvalue weighted by Gasteiger charge is 2.30. The van der Waals surface area contributed by atoms with Crippen molar-refractivity contribution < 1.29 is 22.7 Å². The van der Waals surface area contributed by atoms with E-state index >= 15 is 0 Å². The topological polar surface area (TPSA) is 63.5 Å². The summed E-state index contributed by atoms with van der Waals surface area (Å²) in [5, 5.41) is 8.17. The van der Waals surface area contributed by atoms with Crippen LogP contribution >= 0.6 is 24.0 Å². The lowest BCUT2D eigenvalue weighted by Crippen LogP contribution is -2.50. The zero-order valence-corrected chi connectivity index (χ0v) is 20.3. The molecule has 2 heterocycles. The second-order valence-electron chi connectivity index (χ2n) is 8.61. The first-order valence-electron chi connectivity index (χ1n) is 10.4. The Labute approximate surface area is 200 Å². The molecule has 0 aliphatic carbocycles. The van der Waals surface area contributed by atoms with Crippen LogP contribution in [0.4, 0.5) is 18.0 Å². The van der Waals surface area contributed by atoms with Crippen LogP contribution < -0.4 is 0 Å². The van der Waals surface area contributed by atoms with E-state index < -0.39 is 17.3 Å². The van der Waals surface area contributed by atoms with E-state index in [2.05, 4.69) is 10.3 Å². The number of thioether (sulfide) groups is 1. The third kappa shape index (κ3) is 7.60. The van der Waals surface area contributed by atoms with Gasteiger partial charge in [-0.25, -0.2) is 9.48 Å². The normalized spacial score (nSPS) is 15.0. The molecule has 0 saturated carbocycles. The molecular formula is C21H26F3N5O2S2. The number of carbonyl (C=O) groups is 1. The highest BCUT2D eigenvalue weighted by molar-refractivity contribution is 8.22. The molecule has 0 bridgehead atoms. The predicted molar refractivity (Wildman–Crippen MR) is 124 cm³/mol. The molecule has 12 heteroatoms. The molecule has 0 N–H and O–H groups in total. The Morgan fingerprint density at radius 3 is 2.27 bits per heavy atom. The summed E-state index contributed by atoms with van der Waals surface area (Å²) in [6.07, 6.45) is -2.91. The first kappa shape index (κ1) is 25.3. The smallest absolute Gasteiger partial charge is 0.416 e. The monoisotopic (exact) mass is 501 g/mol. The van der Waals surface area contributed by atoms with Crippen molar-refractivity contribution in [2.24, 2.45) is 0 Å².